The zero-order valence-corrected chi connectivity index (χ0v) is 7.71. The third-order valence-electron chi connectivity index (χ3n) is 1.23. The highest BCUT2D eigenvalue weighted by Gasteiger charge is 2.03. The molecule has 0 saturated heterocycles. The Morgan fingerprint density at radius 2 is 2.42 bits per heavy atom. The predicted molar refractivity (Wildman–Crippen MR) is 46.2 cm³/mol. The van der Waals surface area contributed by atoms with Crippen LogP contribution < -0.4 is 0 Å². The van der Waals surface area contributed by atoms with Gasteiger partial charge in [0.05, 0.1) is 6.20 Å². The molecule has 66 valence electrons. The zero-order valence-electron chi connectivity index (χ0n) is 6.12. The van der Waals surface area contributed by atoms with E-state index in [1.165, 1.54) is 10.9 Å². The number of rotatable bonds is 3. The molecule has 0 spiro atoms. The van der Waals surface area contributed by atoms with Crippen LogP contribution in [0.4, 0.5) is 8.78 Å². The molecule has 0 amide bonds. The molecule has 0 unspecified atom stereocenters. The van der Waals surface area contributed by atoms with Crippen LogP contribution in [-0.4, -0.2) is 16.2 Å². The van der Waals surface area contributed by atoms with Crippen molar-refractivity contribution >= 4 is 22.0 Å². The Morgan fingerprint density at radius 1 is 1.67 bits per heavy atom. The maximum atomic E-state index is 11.8. The SMILES string of the molecule is FC(F)Cn1cc(/C=C/Br)cn1. The van der Waals surface area contributed by atoms with Crippen molar-refractivity contribution in [3.05, 3.63) is 22.9 Å². The summed E-state index contributed by atoms with van der Waals surface area (Å²) in [6, 6.07) is 0. The molecular weight excluding hydrogens is 230 g/mol. The monoisotopic (exact) mass is 236 g/mol. The van der Waals surface area contributed by atoms with Crippen LogP contribution in [0.1, 0.15) is 5.56 Å². The highest BCUT2D eigenvalue weighted by molar-refractivity contribution is 9.11. The Morgan fingerprint density at radius 3 is 3.00 bits per heavy atom. The first-order valence-electron chi connectivity index (χ1n) is 3.29. The van der Waals surface area contributed by atoms with Crippen LogP contribution in [0.3, 0.4) is 0 Å². The molecule has 0 aliphatic heterocycles. The van der Waals surface area contributed by atoms with Gasteiger partial charge < -0.3 is 0 Å². The molecule has 0 saturated carbocycles. The van der Waals surface area contributed by atoms with Crippen LogP contribution >= 0.6 is 15.9 Å². The van der Waals surface area contributed by atoms with Gasteiger partial charge in [0, 0.05) is 11.8 Å². The second-order valence-electron chi connectivity index (χ2n) is 2.18. The smallest absolute Gasteiger partial charge is 0.257 e. The van der Waals surface area contributed by atoms with E-state index in [0.717, 1.165) is 5.56 Å². The minimum atomic E-state index is -2.36. The predicted octanol–water partition coefficient (Wildman–Crippen LogP) is 2.51. The summed E-state index contributed by atoms with van der Waals surface area (Å²) >= 11 is 3.08. The van der Waals surface area contributed by atoms with Crippen molar-refractivity contribution < 1.29 is 8.78 Å². The first-order chi connectivity index (χ1) is 5.72. The minimum absolute atomic E-state index is 0.351. The molecule has 2 nitrogen and oxygen atoms in total. The molecule has 1 aromatic rings. The number of alkyl halides is 2. The summed E-state index contributed by atoms with van der Waals surface area (Å²) in [6.07, 6.45) is 2.46. The molecule has 1 heterocycles. The van der Waals surface area contributed by atoms with Crippen molar-refractivity contribution in [2.45, 2.75) is 13.0 Å². The average molecular weight is 237 g/mol. The molecule has 0 bridgehead atoms. The number of halogens is 3. The van der Waals surface area contributed by atoms with E-state index >= 15 is 0 Å². The third-order valence-corrected chi connectivity index (χ3v) is 1.50. The maximum Gasteiger partial charge on any atom is 0.257 e. The lowest BCUT2D eigenvalue weighted by Crippen LogP contribution is -2.06. The molecule has 0 aliphatic carbocycles. The normalized spacial score (nSPS) is 11.7. The molecule has 1 aromatic heterocycles. The molecule has 0 N–H and O–H groups in total. The maximum absolute atomic E-state index is 11.8. The highest BCUT2D eigenvalue weighted by Crippen LogP contribution is 2.04. The average Bonchev–Trinajstić information content (AvgIpc) is 2.36. The van der Waals surface area contributed by atoms with E-state index in [1.807, 2.05) is 0 Å². The molecule has 1 rings (SSSR count). The van der Waals surface area contributed by atoms with Gasteiger partial charge >= 0.3 is 0 Å². The molecule has 0 aliphatic rings. The molecule has 0 atom stereocenters. The van der Waals surface area contributed by atoms with Gasteiger partial charge in [-0.2, -0.15) is 5.10 Å². The van der Waals surface area contributed by atoms with Gasteiger partial charge in [0.2, 0.25) is 0 Å². The van der Waals surface area contributed by atoms with E-state index in [4.69, 9.17) is 0 Å². The van der Waals surface area contributed by atoms with Crippen LogP contribution in [0.25, 0.3) is 6.08 Å². The lowest BCUT2D eigenvalue weighted by Gasteiger charge is -1.97. The van der Waals surface area contributed by atoms with E-state index in [0.29, 0.717) is 0 Å². The molecular formula is C7H7BrF2N2. The number of hydrogen-bond donors (Lipinski definition) is 0. The number of nitrogens with zero attached hydrogens (tertiary/aromatic N) is 2. The summed E-state index contributed by atoms with van der Waals surface area (Å²) in [5.41, 5.74) is 0.799. The Bertz CT molecular complexity index is 270. The summed E-state index contributed by atoms with van der Waals surface area (Å²) in [7, 11) is 0. The molecule has 0 aromatic carbocycles. The second-order valence-corrected chi connectivity index (χ2v) is 2.71. The Kier molecular flexibility index (Phi) is 3.40. The molecule has 0 radical (unpaired) electrons. The fourth-order valence-corrected chi connectivity index (χ4v) is 1.08. The van der Waals surface area contributed by atoms with Gasteiger partial charge in [-0.3, -0.25) is 4.68 Å². The summed E-state index contributed by atoms with van der Waals surface area (Å²) in [4.78, 5) is 1.65. The van der Waals surface area contributed by atoms with E-state index in [2.05, 4.69) is 21.0 Å². The molecule has 0 fully saturated rings. The Balaban J connectivity index is 2.64. The topological polar surface area (TPSA) is 17.8 Å². The van der Waals surface area contributed by atoms with Crippen LogP contribution in [0, 0.1) is 0 Å². The minimum Gasteiger partial charge on any atom is -0.266 e. The highest BCUT2D eigenvalue weighted by atomic mass is 79.9. The van der Waals surface area contributed by atoms with Crippen molar-refractivity contribution in [2.24, 2.45) is 0 Å². The summed E-state index contributed by atoms with van der Waals surface area (Å²) in [5, 5.41) is 3.74. The van der Waals surface area contributed by atoms with Crippen molar-refractivity contribution in [2.75, 3.05) is 0 Å². The van der Waals surface area contributed by atoms with Gasteiger partial charge in [-0.25, -0.2) is 8.78 Å². The largest absolute Gasteiger partial charge is 0.266 e. The van der Waals surface area contributed by atoms with E-state index in [9.17, 15) is 8.78 Å². The third kappa shape index (κ3) is 2.73. The van der Waals surface area contributed by atoms with Crippen molar-refractivity contribution in [3.8, 4) is 0 Å². The first kappa shape index (κ1) is 9.38. The van der Waals surface area contributed by atoms with E-state index in [-0.39, 0.29) is 6.54 Å². The standard InChI is InChI=1S/C7H7BrF2N2/c8-2-1-6-3-11-12(4-6)5-7(9)10/h1-4,7H,5H2/b2-1+. The lowest BCUT2D eigenvalue weighted by atomic mass is 10.4. The van der Waals surface area contributed by atoms with Gasteiger partial charge in [0.25, 0.3) is 6.43 Å². The summed E-state index contributed by atoms with van der Waals surface area (Å²) in [5.74, 6) is 0. The van der Waals surface area contributed by atoms with Crippen LogP contribution in [0.15, 0.2) is 17.4 Å². The van der Waals surface area contributed by atoms with E-state index in [1.54, 1.807) is 17.3 Å². The fraction of sp³-hybridized carbons (Fsp3) is 0.286. The quantitative estimate of drug-likeness (QED) is 0.789. The second kappa shape index (κ2) is 4.35. The van der Waals surface area contributed by atoms with Gasteiger partial charge in [-0.05, 0) is 11.1 Å². The summed E-state index contributed by atoms with van der Waals surface area (Å²) < 4.78 is 24.9. The number of hydrogen-bond acceptors (Lipinski definition) is 1. The molecule has 5 heteroatoms. The number of aromatic nitrogens is 2. The van der Waals surface area contributed by atoms with Crippen LogP contribution in [0.2, 0.25) is 0 Å². The van der Waals surface area contributed by atoms with Gasteiger partial charge in [-0.1, -0.05) is 15.9 Å². The fourth-order valence-electron chi connectivity index (χ4n) is 0.780. The Labute approximate surface area is 77.0 Å². The van der Waals surface area contributed by atoms with Crippen molar-refractivity contribution in [3.63, 3.8) is 0 Å². The molecule has 12 heavy (non-hydrogen) atoms. The van der Waals surface area contributed by atoms with Crippen molar-refractivity contribution in [1.82, 2.24) is 9.78 Å². The van der Waals surface area contributed by atoms with Gasteiger partial charge in [0.15, 0.2) is 0 Å². The first-order valence-corrected chi connectivity index (χ1v) is 4.21. The van der Waals surface area contributed by atoms with Crippen LogP contribution in [-0.2, 0) is 6.54 Å². The Hall–Kier alpha value is -0.710. The summed E-state index contributed by atoms with van der Waals surface area (Å²) in [6.45, 7) is -0.351. The van der Waals surface area contributed by atoms with Crippen LogP contribution in [0.5, 0.6) is 0 Å². The van der Waals surface area contributed by atoms with Crippen molar-refractivity contribution in [1.29, 1.82) is 0 Å². The van der Waals surface area contributed by atoms with E-state index < -0.39 is 6.43 Å². The lowest BCUT2D eigenvalue weighted by molar-refractivity contribution is 0.122. The van der Waals surface area contributed by atoms with Gasteiger partial charge in [0.1, 0.15) is 6.54 Å². The zero-order chi connectivity index (χ0) is 8.97. The van der Waals surface area contributed by atoms with Gasteiger partial charge in [-0.15, -0.1) is 0 Å².